The number of ketones is 1. The Bertz CT molecular complexity index is 722. The van der Waals surface area contributed by atoms with Crippen molar-refractivity contribution in [1.29, 1.82) is 0 Å². The van der Waals surface area contributed by atoms with Gasteiger partial charge in [0.2, 0.25) is 5.78 Å². The smallest absolute Gasteiger partial charge is 0.310 e. The number of ether oxygens (including phenoxy) is 3. The van der Waals surface area contributed by atoms with Crippen LogP contribution in [0.25, 0.3) is 0 Å². The summed E-state index contributed by atoms with van der Waals surface area (Å²) in [6.07, 6.45) is 0.646. The lowest BCUT2D eigenvalue weighted by Crippen LogP contribution is -2.36. The van der Waals surface area contributed by atoms with E-state index in [0.717, 1.165) is 12.8 Å². The molecule has 0 aromatic heterocycles. The molecule has 0 spiro atoms. The quantitative estimate of drug-likeness (QED) is 0.600. The highest BCUT2D eigenvalue weighted by atomic mass is 16.6. The molecule has 6 heteroatoms. The molecule has 6 atom stereocenters. The Morgan fingerprint density at radius 3 is 2.60 bits per heavy atom. The van der Waals surface area contributed by atoms with Crippen molar-refractivity contribution in [2.24, 2.45) is 23.7 Å². The Balaban J connectivity index is 1.43. The van der Waals surface area contributed by atoms with E-state index in [4.69, 9.17) is 14.2 Å². The summed E-state index contributed by atoms with van der Waals surface area (Å²) in [6.45, 7) is 1.56. The predicted molar refractivity (Wildman–Crippen MR) is 86.0 cm³/mol. The molecule has 1 aromatic carbocycles. The molecule has 2 bridgehead atoms. The van der Waals surface area contributed by atoms with Gasteiger partial charge in [0.15, 0.2) is 6.10 Å². The minimum absolute atomic E-state index is 0.0232. The van der Waals surface area contributed by atoms with Crippen LogP contribution in [0.15, 0.2) is 24.3 Å². The van der Waals surface area contributed by atoms with Crippen molar-refractivity contribution in [3.05, 3.63) is 29.8 Å². The molecule has 1 aliphatic heterocycles. The average molecular weight is 344 g/mol. The molecule has 0 unspecified atom stereocenters. The highest BCUT2D eigenvalue weighted by Gasteiger charge is 2.64. The normalized spacial score (nSPS) is 33.0. The summed E-state index contributed by atoms with van der Waals surface area (Å²) >= 11 is 0. The van der Waals surface area contributed by atoms with Crippen molar-refractivity contribution >= 4 is 17.7 Å². The molecule has 0 N–H and O–H groups in total. The summed E-state index contributed by atoms with van der Waals surface area (Å²) in [5.41, 5.74) is 0.453. The summed E-state index contributed by atoms with van der Waals surface area (Å²) < 4.78 is 15.8. The Hall–Kier alpha value is -2.37. The Labute approximate surface area is 145 Å². The first-order valence-corrected chi connectivity index (χ1v) is 8.59. The fraction of sp³-hybridized carbons (Fsp3) is 0.526. The Kier molecular flexibility index (Phi) is 3.78. The number of Topliss-reactive ketones (excluding diaryl/α,β-unsaturated/α-hetero) is 1. The summed E-state index contributed by atoms with van der Waals surface area (Å²) in [7, 11) is 1.55. The third-order valence-corrected chi connectivity index (χ3v) is 5.79. The van der Waals surface area contributed by atoms with Gasteiger partial charge in [0.25, 0.3) is 0 Å². The molecule has 3 fully saturated rings. The van der Waals surface area contributed by atoms with Crippen LogP contribution in [0.3, 0.4) is 0 Å². The molecule has 25 heavy (non-hydrogen) atoms. The van der Waals surface area contributed by atoms with E-state index in [-0.39, 0.29) is 35.6 Å². The zero-order valence-electron chi connectivity index (χ0n) is 14.1. The molecule has 1 heterocycles. The van der Waals surface area contributed by atoms with Crippen LogP contribution in [0.1, 0.15) is 30.1 Å². The predicted octanol–water partition coefficient (Wildman–Crippen LogP) is 2.01. The highest BCUT2D eigenvalue weighted by Crippen LogP contribution is 2.58. The van der Waals surface area contributed by atoms with Crippen molar-refractivity contribution < 1.29 is 28.6 Å². The van der Waals surface area contributed by atoms with Crippen molar-refractivity contribution in [2.45, 2.75) is 32.0 Å². The number of benzene rings is 1. The van der Waals surface area contributed by atoms with Crippen LogP contribution < -0.4 is 4.74 Å². The number of esters is 2. The molecular formula is C19H20O6. The second-order valence-electron chi connectivity index (χ2n) is 7.09. The van der Waals surface area contributed by atoms with Crippen LogP contribution in [0.5, 0.6) is 5.75 Å². The molecular weight excluding hydrogens is 324 g/mol. The van der Waals surface area contributed by atoms with Crippen molar-refractivity contribution in [2.75, 3.05) is 7.11 Å². The van der Waals surface area contributed by atoms with E-state index in [0.29, 0.717) is 11.3 Å². The number of methoxy groups -OCH3 is 1. The molecule has 1 aromatic rings. The van der Waals surface area contributed by atoms with Gasteiger partial charge in [-0.05, 0) is 49.9 Å². The zero-order valence-corrected chi connectivity index (χ0v) is 14.1. The van der Waals surface area contributed by atoms with E-state index in [1.165, 1.54) is 0 Å². The lowest BCUT2D eigenvalue weighted by Gasteiger charge is -2.24. The van der Waals surface area contributed by atoms with Gasteiger partial charge in [0.1, 0.15) is 11.9 Å². The van der Waals surface area contributed by atoms with Crippen LogP contribution in [-0.2, 0) is 19.1 Å². The first kappa shape index (κ1) is 16.1. The van der Waals surface area contributed by atoms with Crippen LogP contribution in [0, 0.1) is 23.7 Å². The molecule has 1 saturated heterocycles. The molecule has 132 valence electrons. The topological polar surface area (TPSA) is 78.9 Å². The van der Waals surface area contributed by atoms with Crippen molar-refractivity contribution in [3.8, 4) is 5.75 Å². The third kappa shape index (κ3) is 2.51. The monoisotopic (exact) mass is 344 g/mol. The molecule has 2 saturated carbocycles. The van der Waals surface area contributed by atoms with Gasteiger partial charge < -0.3 is 14.2 Å². The average Bonchev–Trinajstić information content (AvgIpc) is 3.23. The van der Waals surface area contributed by atoms with Crippen molar-refractivity contribution in [3.63, 3.8) is 0 Å². The number of carbonyl (C=O) groups excluding carboxylic acids is 3. The summed E-state index contributed by atoms with van der Waals surface area (Å²) in [6, 6.07) is 6.66. The van der Waals surface area contributed by atoms with Gasteiger partial charge in [-0.25, -0.2) is 0 Å². The SMILES string of the molecule is COc1ccc(C(=O)[C@H](C)OC(=O)[C@@H]2[C@@H]3C[C@H]4[C@@H]2C(=O)O[C@@H]4C3)cc1. The second kappa shape index (κ2) is 5.86. The van der Waals surface area contributed by atoms with Gasteiger partial charge in [-0.2, -0.15) is 0 Å². The van der Waals surface area contributed by atoms with E-state index >= 15 is 0 Å². The van der Waals surface area contributed by atoms with E-state index in [1.54, 1.807) is 38.3 Å². The molecule has 4 rings (SSSR count). The molecule has 6 nitrogen and oxygen atoms in total. The second-order valence-corrected chi connectivity index (χ2v) is 7.09. The lowest BCUT2D eigenvalue weighted by atomic mass is 9.80. The maximum absolute atomic E-state index is 12.6. The van der Waals surface area contributed by atoms with Gasteiger partial charge >= 0.3 is 11.9 Å². The van der Waals surface area contributed by atoms with Gasteiger partial charge in [0.05, 0.1) is 18.9 Å². The number of fused-ring (bicyclic) bond motifs is 1. The van der Waals surface area contributed by atoms with Crippen LogP contribution in [0.4, 0.5) is 0 Å². The molecule has 0 radical (unpaired) electrons. The summed E-state index contributed by atoms with van der Waals surface area (Å²) in [5.74, 6) is -0.953. The fourth-order valence-electron chi connectivity index (χ4n) is 4.62. The third-order valence-electron chi connectivity index (χ3n) is 5.79. The first-order chi connectivity index (χ1) is 12.0. The number of carbonyl (C=O) groups is 3. The molecule has 0 amide bonds. The number of hydrogen-bond donors (Lipinski definition) is 0. The number of hydrogen-bond acceptors (Lipinski definition) is 6. The number of rotatable bonds is 5. The van der Waals surface area contributed by atoms with E-state index < -0.39 is 18.0 Å². The zero-order chi connectivity index (χ0) is 17.7. The summed E-state index contributed by atoms with van der Waals surface area (Å²) in [5, 5.41) is 0. The molecule has 3 aliphatic rings. The van der Waals surface area contributed by atoms with Gasteiger partial charge in [0, 0.05) is 11.5 Å². The van der Waals surface area contributed by atoms with E-state index in [2.05, 4.69) is 0 Å². The minimum Gasteiger partial charge on any atom is -0.497 e. The maximum Gasteiger partial charge on any atom is 0.310 e. The van der Waals surface area contributed by atoms with E-state index in [9.17, 15) is 14.4 Å². The Morgan fingerprint density at radius 1 is 1.20 bits per heavy atom. The fourth-order valence-corrected chi connectivity index (χ4v) is 4.62. The minimum atomic E-state index is -0.895. The maximum atomic E-state index is 12.6. The lowest BCUT2D eigenvalue weighted by molar-refractivity contribution is -0.157. The van der Waals surface area contributed by atoms with Crippen molar-refractivity contribution in [1.82, 2.24) is 0 Å². The van der Waals surface area contributed by atoms with Crippen LogP contribution in [-0.4, -0.2) is 37.0 Å². The Morgan fingerprint density at radius 2 is 1.92 bits per heavy atom. The first-order valence-electron chi connectivity index (χ1n) is 8.59. The van der Waals surface area contributed by atoms with Crippen LogP contribution in [0.2, 0.25) is 0 Å². The van der Waals surface area contributed by atoms with Gasteiger partial charge in [-0.3, -0.25) is 14.4 Å². The molecule has 2 aliphatic carbocycles. The standard InChI is InChI=1S/C19H20O6/c1-9(17(20)10-3-5-12(23-2)6-4-10)24-18(21)15-11-7-13-14(8-11)25-19(22)16(13)15/h3-6,9,11,13-16H,7-8H2,1-2H3/t9-,11+,13+,14+,15+,16-/m0/s1. The highest BCUT2D eigenvalue weighted by molar-refractivity contribution is 6.00. The summed E-state index contributed by atoms with van der Waals surface area (Å²) in [4.78, 5) is 37.1. The largest absolute Gasteiger partial charge is 0.497 e. The van der Waals surface area contributed by atoms with Gasteiger partial charge in [-0.15, -0.1) is 0 Å². The van der Waals surface area contributed by atoms with Gasteiger partial charge in [-0.1, -0.05) is 0 Å². The van der Waals surface area contributed by atoms with Crippen LogP contribution >= 0.6 is 0 Å². The van der Waals surface area contributed by atoms with E-state index in [1.807, 2.05) is 0 Å².